The van der Waals surface area contributed by atoms with E-state index in [-0.39, 0.29) is 12.1 Å². The van der Waals surface area contributed by atoms with Gasteiger partial charge < -0.3 is 9.09 Å². The van der Waals surface area contributed by atoms with Crippen LogP contribution in [0.3, 0.4) is 0 Å². The summed E-state index contributed by atoms with van der Waals surface area (Å²) in [5.41, 5.74) is 5.28. The normalized spacial score (nSPS) is 11.3. The fraction of sp³-hybridized carbons (Fsp3) is 0.130. The van der Waals surface area contributed by atoms with E-state index in [1.165, 1.54) is 5.56 Å². The number of fused-ring (bicyclic) bond motifs is 1. The number of nitrogens with zero attached hydrogens (tertiary/aromatic N) is 5. The summed E-state index contributed by atoms with van der Waals surface area (Å²) in [7, 11) is 0. The van der Waals surface area contributed by atoms with Gasteiger partial charge in [-0.05, 0) is 37.6 Å². The van der Waals surface area contributed by atoms with Crippen LogP contribution in [0.2, 0.25) is 0 Å². The van der Waals surface area contributed by atoms with Gasteiger partial charge in [-0.1, -0.05) is 47.1 Å². The molecule has 3 heterocycles. The van der Waals surface area contributed by atoms with E-state index in [0.717, 1.165) is 22.4 Å². The summed E-state index contributed by atoms with van der Waals surface area (Å²) in [6, 6.07) is 17.6. The summed E-state index contributed by atoms with van der Waals surface area (Å²) in [5, 5.41) is 8.59. The van der Waals surface area contributed by atoms with Gasteiger partial charge in [-0.25, -0.2) is 4.52 Å². The molecule has 2 aromatic carbocycles. The Morgan fingerprint density at radius 3 is 2.63 bits per heavy atom. The van der Waals surface area contributed by atoms with Crippen LogP contribution >= 0.6 is 0 Å². The van der Waals surface area contributed by atoms with Crippen molar-refractivity contribution in [2.24, 2.45) is 0 Å². The monoisotopic (exact) mass is 397 g/mol. The van der Waals surface area contributed by atoms with Gasteiger partial charge in [0.2, 0.25) is 0 Å². The van der Waals surface area contributed by atoms with E-state index in [1.54, 1.807) is 21.5 Å². The van der Waals surface area contributed by atoms with Crippen molar-refractivity contribution < 1.29 is 4.52 Å². The lowest BCUT2D eigenvalue weighted by atomic mass is 10.0. The van der Waals surface area contributed by atoms with Crippen LogP contribution in [-0.4, -0.2) is 24.3 Å². The van der Waals surface area contributed by atoms with Gasteiger partial charge in [-0.15, -0.1) is 0 Å². The summed E-state index contributed by atoms with van der Waals surface area (Å²) in [4.78, 5) is 17.4. The molecule has 7 heteroatoms. The first-order chi connectivity index (χ1) is 14.6. The van der Waals surface area contributed by atoms with E-state index in [0.29, 0.717) is 17.2 Å². The smallest absolute Gasteiger partial charge is 0.277 e. The van der Waals surface area contributed by atoms with Crippen molar-refractivity contribution in [3.8, 4) is 22.7 Å². The van der Waals surface area contributed by atoms with Crippen LogP contribution in [0.4, 0.5) is 0 Å². The molecule has 3 aromatic heterocycles. The van der Waals surface area contributed by atoms with Gasteiger partial charge >= 0.3 is 0 Å². The third kappa shape index (κ3) is 3.20. The SMILES string of the molecule is Cc1ccc(-c2cc3c(=O)n(Cc4noc(-c5ccccc5)n4)ccn3n2)c(C)c1. The average Bonchev–Trinajstić information content (AvgIpc) is 3.38. The molecule has 7 nitrogen and oxygen atoms in total. The van der Waals surface area contributed by atoms with E-state index < -0.39 is 0 Å². The lowest BCUT2D eigenvalue weighted by Gasteiger charge is -2.03. The van der Waals surface area contributed by atoms with Crippen molar-refractivity contribution in [1.82, 2.24) is 24.3 Å². The number of hydrogen-bond acceptors (Lipinski definition) is 5. The number of benzene rings is 2. The molecule has 0 aliphatic heterocycles. The predicted octanol–water partition coefficient (Wildman–Crippen LogP) is 3.88. The van der Waals surface area contributed by atoms with Gasteiger partial charge in [-0.3, -0.25) is 4.79 Å². The molecule has 0 aliphatic rings. The third-order valence-corrected chi connectivity index (χ3v) is 5.06. The molecule has 0 bridgehead atoms. The Kier molecular flexibility index (Phi) is 4.28. The molecule has 0 N–H and O–H groups in total. The summed E-state index contributed by atoms with van der Waals surface area (Å²) in [6.07, 6.45) is 3.45. The molecule has 0 saturated heterocycles. The maximum Gasteiger partial charge on any atom is 0.277 e. The minimum atomic E-state index is -0.160. The van der Waals surface area contributed by atoms with E-state index in [2.05, 4.69) is 28.2 Å². The lowest BCUT2D eigenvalue weighted by molar-refractivity contribution is 0.420. The quantitative estimate of drug-likeness (QED) is 0.460. The van der Waals surface area contributed by atoms with Gasteiger partial charge in [0.25, 0.3) is 11.4 Å². The van der Waals surface area contributed by atoms with Crippen LogP contribution in [-0.2, 0) is 6.54 Å². The van der Waals surface area contributed by atoms with E-state index in [1.807, 2.05) is 55.5 Å². The van der Waals surface area contributed by atoms with Gasteiger partial charge in [0.15, 0.2) is 5.82 Å². The molecule has 0 aliphatic carbocycles. The first kappa shape index (κ1) is 18.1. The van der Waals surface area contributed by atoms with E-state index >= 15 is 0 Å². The standard InChI is InChI=1S/C23H19N5O2/c1-15-8-9-18(16(2)12-15)19-13-20-23(29)27(10-11-28(20)25-19)14-21-24-22(30-26-21)17-6-4-3-5-7-17/h3-13H,14H2,1-2H3. The highest BCUT2D eigenvalue weighted by molar-refractivity contribution is 5.68. The van der Waals surface area contributed by atoms with Gasteiger partial charge in [0.1, 0.15) is 5.52 Å². The van der Waals surface area contributed by atoms with Crippen LogP contribution in [0.15, 0.2) is 76.3 Å². The van der Waals surface area contributed by atoms with Crippen LogP contribution in [0.25, 0.3) is 28.2 Å². The highest BCUT2D eigenvalue weighted by Crippen LogP contribution is 2.23. The minimum absolute atomic E-state index is 0.160. The molecule has 0 fully saturated rings. The second kappa shape index (κ2) is 7.11. The highest BCUT2D eigenvalue weighted by Gasteiger charge is 2.13. The molecule has 0 radical (unpaired) electrons. The van der Waals surface area contributed by atoms with Crippen LogP contribution in [0.5, 0.6) is 0 Å². The van der Waals surface area contributed by atoms with Crippen molar-refractivity contribution >= 4 is 5.52 Å². The molecule has 148 valence electrons. The summed E-state index contributed by atoms with van der Waals surface area (Å²) in [5.74, 6) is 0.871. The van der Waals surface area contributed by atoms with Crippen LogP contribution < -0.4 is 5.56 Å². The van der Waals surface area contributed by atoms with Gasteiger partial charge in [0, 0.05) is 23.5 Å². The number of hydrogen-bond donors (Lipinski definition) is 0. The van der Waals surface area contributed by atoms with Crippen molar-refractivity contribution in [3.05, 3.63) is 94.3 Å². The van der Waals surface area contributed by atoms with Gasteiger partial charge in [0.05, 0.1) is 12.2 Å². The fourth-order valence-electron chi connectivity index (χ4n) is 3.55. The Balaban J connectivity index is 1.48. The lowest BCUT2D eigenvalue weighted by Crippen LogP contribution is -2.22. The van der Waals surface area contributed by atoms with Gasteiger partial charge in [-0.2, -0.15) is 10.1 Å². The summed E-state index contributed by atoms with van der Waals surface area (Å²) in [6.45, 7) is 4.32. The third-order valence-electron chi connectivity index (χ3n) is 5.06. The molecule has 0 saturated carbocycles. The second-order valence-corrected chi connectivity index (χ2v) is 7.29. The van der Waals surface area contributed by atoms with Crippen LogP contribution in [0, 0.1) is 13.8 Å². The van der Waals surface area contributed by atoms with E-state index in [9.17, 15) is 4.79 Å². The van der Waals surface area contributed by atoms with Crippen molar-refractivity contribution in [3.63, 3.8) is 0 Å². The molecule has 0 atom stereocenters. The molecular weight excluding hydrogens is 378 g/mol. The minimum Gasteiger partial charge on any atom is -0.334 e. The largest absolute Gasteiger partial charge is 0.334 e. The molecule has 0 amide bonds. The van der Waals surface area contributed by atoms with Crippen LogP contribution in [0.1, 0.15) is 17.0 Å². The zero-order chi connectivity index (χ0) is 20.7. The molecule has 0 spiro atoms. The first-order valence-electron chi connectivity index (χ1n) is 9.63. The van der Waals surface area contributed by atoms with Crippen molar-refractivity contribution in [1.29, 1.82) is 0 Å². The van der Waals surface area contributed by atoms with E-state index in [4.69, 9.17) is 4.52 Å². The summed E-state index contributed by atoms with van der Waals surface area (Å²) >= 11 is 0. The Labute approximate surface area is 172 Å². The Morgan fingerprint density at radius 2 is 1.83 bits per heavy atom. The Bertz CT molecular complexity index is 1410. The number of aryl methyl sites for hydroxylation is 2. The maximum atomic E-state index is 13.0. The second-order valence-electron chi connectivity index (χ2n) is 7.29. The predicted molar refractivity (Wildman–Crippen MR) is 113 cm³/mol. The topological polar surface area (TPSA) is 78.2 Å². The zero-order valence-electron chi connectivity index (χ0n) is 16.6. The molecule has 0 unspecified atom stereocenters. The Hall–Kier alpha value is -4.00. The summed E-state index contributed by atoms with van der Waals surface area (Å²) < 4.78 is 8.51. The zero-order valence-corrected chi connectivity index (χ0v) is 16.6. The number of aromatic nitrogens is 5. The molecule has 30 heavy (non-hydrogen) atoms. The van der Waals surface area contributed by atoms with Crippen molar-refractivity contribution in [2.75, 3.05) is 0 Å². The first-order valence-corrected chi connectivity index (χ1v) is 9.63. The molecule has 5 aromatic rings. The highest BCUT2D eigenvalue weighted by atomic mass is 16.5. The molecule has 5 rings (SSSR count). The molecular formula is C23H19N5O2. The number of rotatable bonds is 4. The maximum absolute atomic E-state index is 13.0. The fourth-order valence-corrected chi connectivity index (χ4v) is 3.55. The van der Waals surface area contributed by atoms with Crippen molar-refractivity contribution in [2.45, 2.75) is 20.4 Å². The average molecular weight is 397 g/mol. The Morgan fingerprint density at radius 1 is 1.00 bits per heavy atom.